The molecule has 1 aliphatic heterocycles. The summed E-state index contributed by atoms with van der Waals surface area (Å²) in [4.78, 5) is 34.0. The van der Waals surface area contributed by atoms with Crippen LogP contribution in [-0.4, -0.2) is 41.0 Å². The molecule has 4 rings (SSSR count). The first-order valence-electron chi connectivity index (χ1n) is 11.3. The molecule has 2 aliphatic rings. The highest BCUT2D eigenvalue weighted by Crippen LogP contribution is 2.38. The van der Waals surface area contributed by atoms with Crippen molar-refractivity contribution in [1.29, 1.82) is 0 Å². The summed E-state index contributed by atoms with van der Waals surface area (Å²) in [6.45, 7) is 6.23. The Morgan fingerprint density at radius 3 is 2.41 bits per heavy atom. The highest BCUT2D eigenvalue weighted by molar-refractivity contribution is 6.30. The molecule has 1 atom stereocenters. The van der Waals surface area contributed by atoms with Gasteiger partial charge in [0.2, 0.25) is 5.91 Å². The monoisotopic (exact) mass is 457 g/mol. The van der Waals surface area contributed by atoms with Gasteiger partial charge >= 0.3 is 6.03 Å². The van der Waals surface area contributed by atoms with Crippen LogP contribution in [0.25, 0.3) is 0 Å². The zero-order valence-electron chi connectivity index (χ0n) is 19.2. The Labute approximate surface area is 195 Å². The lowest BCUT2D eigenvalue weighted by Crippen LogP contribution is -2.49. The van der Waals surface area contributed by atoms with E-state index in [1.54, 1.807) is 37.1 Å². The van der Waals surface area contributed by atoms with Crippen molar-refractivity contribution in [2.24, 2.45) is 0 Å². The third kappa shape index (κ3) is 5.05. The fourth-order valence-electron chi connectivity index (χ4n) is 4.05. The Hall–Kier alpha value is -2.64. The van der Waals surface area contributed by atoms with Gasteiger partial charge < -0.3 is 15.5 Å². The fraction of sp³-hybridized carbons (Fsp3) is 0.458. The first-order chi connectivity index (χ1) is 15.5. The maximum atomic E-state index is 13.5. The average molecular weight is 458 g/mol. The number of hydrogen-bond acceptors (Lipinski definition) is 4. The number of halogens is 1. The van der Waals surface area contributed by atoms with Crippen molar-refractivity contribution in [1.82, 2.24) is 15.2 Å². The number of benzene rings is 1. The molecule has 0 bridgehead atoms. The standard InChI is InChI=1S/C22H26ClN5O2.C2H6/c1-14(24-2)21(29)26-20-12-11-19-18(25-20)13-27(16-5-3-4-6-16)22(30)28(19)17-9-7-15(23)8-10-17;1-2/h7-12,14,16,24H,3-6,13H2,1-2H3,(H,25,26,29);1-2H3/t14-;/m0./s1. The van der Waals surface area contributed by atoms with E-state index in [2.05, 4.69) is 10.6 Å². The van der Waals surface area contributed by atoms with Gasteiger partial charge in [-0.25, -0.2) is 9.78 Å². The summed E-state index contributed by atoms with van der Waals surface area (Å²) >= 11 is 6.05. The Morgan fingerprint density at radius 2 is 1.78 bits per heavy atom. The highest BCUT2D eigenvalue weighted by Gasteiger charge is 2.37. The summed E-state index contributed by atoms with van der Waals surface area (Å²) in [5.74, 6) is 0.330. The molecule has 0 saturated heterocycles. The lowest BCUT2D eigenvalue weighted by molar-refractivity contribution is -0.117. The lowest BCUT2D eigenvalue weighted by Gasteiger charge is -2.39. The van der Waals surface area contributed by atoms with Crippen LogP contribution in [0.5, 0.6) is 0 Å². The minimum absolute atomic E-state index is 0.0425. The van der Waals surface area contributed by atoms with Crippen molar-refractivity contribution in [3.8, 4) is 0 Å². The average Bonchev–Trinajstić information content (AvgIpc) is 3.35. The van der Waals surface area contributed by atoms with E-state index in [1.807, 2.05) is 36.9 Å². The van der Waals surface area contributed by atoms with Crippen LogP contribution in [0.15, 0.2) is 36.4 Å². The Kier molecular flexibility index (Phi) is 8.10. The third-order valence-electron chi connectivity index (χ3n) is 5.88. The van der Waals surface area contributed by atoms with Gasteiger partial charge in [0.25, 0.3) is 0 Å². The number of carbonyl (C=O) groups is 2. The molecule has 1 aliphatic carbocycles. The number of urea groups is 1. The number of anilines is 3. The van der Waals surface area contributed by atoms with E-state index in [4.69, 9.17) is 16.6 Å². The summed E-state index contributed by atoms with van der Waals surface area (Å²) in [6.07, 6.45) is 4.28. The number of nitrogens with one attached hydrogen (secondary N) is 2. The molecule has 8 heteroatoms. The highest BCUT2D eigenvalue weighted by atomic mass is 35.5. The van der Waals surface area contributed by atoms with E-state index in [9.17, 15) is 9.59 Å². The van der Waals surface area contributed by atoms with Crippen molar-refractivity contribution in [2.75, 3.05) is 17.3 Å². The molecule has 172 valence electrons. The molecule has 2 heterocycles. The number of pyridine rings is 1. The number of likely N-dealkylation sites (N-methyl/N-ethyl adjacent to an activating group) is 1. The molecule has 1 fully saturated rings. The van der Waals surface area contributed by atoms with Crippen molar-refractivity contribution < 1.29 is 9.59 Å². The van der Waals surface area contributed by atoms with Crippen LogP contribution in [-0.2, 0) is 11.3 Å². The van der Waals surface area contributed by atoms with Crippen LogP contribution in [0.4, 0.5) is 22.0 Å². The molecule has 0 spiro atoms. The number of aromatic nitrogens is 1. The van der Waals surface area contributed by atoms with Gasteiger partial charge in [0.15, 0.2) is 0 Å². The second kappa shape index (κ2) is 10.8. The van der Waals surface area contributed by atoms with Crippen molar-refractivity contribution in [3.05, 3.63) is 47.1 Å². The number of amides is 3. The topological polar surface area (TPSA) is 77.6 Å². The van der Waals surface area contributed by atoms with E-state index in [0.29, 0.717) is 17.4 Å². The Balaban J connectivity index is 0.00000141. The molecule has 3 amide bonds. The van der Waals surface area contributed by atoms with Crippen LogP contribution in [0.1, 0.15) is 52.1 Å². The van der Waals surface area contributed by atoms with Crippen LogP contribution in [0, 0.1) is 0 Å². The zero-order valence-corrected chi connectivity index (χ0v) is 19.9. The SMILES string of the molecule is CC.CN[C@@H](C)C(=O)Nc1ccc2c(n1)CN(C1CCCC1)C(=O)N2c1ccc(Cl)cc1. The van der Waals surface area contributed by atoms with E-state index < -0.39 is 0 Å². The van der Waals surface area contributed by atoms with E-state index in [1.165, 1.54) is 0 Å². The molecule has 32 heavy (non-hydrogen) atoms. The van der Waals surface area contributed by atoms with Gasteiger partial charge in [0, 0.05) is 11.1 Å². The smallest absolute Gasteiger partial charge is 0.315 e. The fourth-order valence-corrected chi connectivity index (χ4v) is 4.18. The normalized spacial score (nSPS) is 16.8. The number of fused-ring (bicyclic) bond motifs is 1. The van der Waals surface area contributed by atoms with E-state index >= 15 is 0 Å². The number of hydrogen-bond donors (Lipinski definition) is 2. The van der Waals surface area contributed by atoms with Gasteiger partial charge in [-0.3, -0.25) is 9.69 Å². The molecule has 0 radical (unpaired) electrons. The molecule has 2 N–H and O–H groups in total. The summed E-state index contributed by atoms with van der Waals surface area (Å²) in [6, 6.07) is 10.7. The van der Waals surface area contributed by atoms with E-state index in [-0.39, 0.29) is 24.0 Å². The minimum Gasteiger partial charge on any atom is -0.315 e. The number of rotatable bonds is 5. The molecular formula is C24H32ClN5O2. The second-order valence-electron chi connectivity index (χ2n) is 7.82. The second-order valence-corrected chi connectivity index (χ2v) is 8.26. The van der Waals surface area contributed by atoms with Gasteiger partial charge in [-0.05, 0) is 63.2 Å². The third-order valence-corrected chi connectivity index (χ3v) is 6.13. The van der Waals surface area contributed by atoms with Gasteiger partial charge in [0.1, 0.15) is 5.82 Å². The Morgan fingerprint density at radius 1 is 1.12 bits per heavy atom. The van der Waals surface area contributed by atoms with Gasteiger partial charge in [-0.2, -0.15) is 0 Å². The van der Waals surface area contributed by atoms with Crippen molar-refractivity contribution >= 4 is 40.7 Å². The van der Waals surface area contributed by atoms with Crippen LogP contribution in [0.3, 0.4) is 0 Å². The van der Waals surface area contributed by atoms with Gasteiger partial charge in [-0.1, -0.05) is 38.3 Å². The zero-order chi connectivity index (χ0) is 23.3. The quantitative estimate of drug-likeness (QED) is 0.636. The maximum Gasteiger partial charge on any atom is 0.329 e. The number of carbonyl (C=O) groups excluding carboxylic acids is 2. The van der Waals surface area contributed by atoms with Crippen LogP contribution < -0.4 is 15.5 Å². The first kappa shape index (κ1) is 24.0. The Bertz CT molecular complexity index is 944. The molecule has 2 aromatic rings. The maximum absolute atomic E-state index is 13.5. The molecular weight excluding hydrogens is 426 g/mol. The lowest BCUT2D eigenvalue weighted by atomic mass is 10.1. The van der Waals surface area contributed by atoms with Crippen LogP contribution >= 0.6 is 11.6 Å². The summed E-state index contributed by atoms with van der Waals surface area (Å²) in [5.41, 5.74) is 2.25. The first-order valence-corrected chi connectivity index (χ1v) is 11.7. The minimum atomic E-state index is -0.329. The molecule has 1 aromatic carbocycles. The molecule has 7 nitrogen and oxygen atoms in total. The predicted molar refractivity (Wildman–Crippen MR) is 130 cm³/mol. The van der Waals surface area contributed by atoms with Gasteiger partial charge in [0.05, 0.1) is 29.7 Å². The van der Waals surface area contributed by atoms with Crippen molar-refractivity contribution in [2.45, 2.75) is 65.1 Å². The largest absolute Gasteiger partial charge is 0.329 e. The number of nitrogens with zero attached hydrogens (tertiary/aromatic N) is 3. The van der Waals surface area contributed by atoms with E-state index in [0.717, 1.165) is 42.8 Å². The summed E-state index contributed by atoms with van der Waals surface area (Å²) < 4.78 is 0. The summed E-state index contributed by atoms with van der Waals surface area (Å²) in [7, 11) is 1.74. The molecule has 1 saturated carbocycles. The predicted octanol–water partition coefficient (Wildman–Crippen LogP) is 5.32. The molecule has 1 aromatic heterocycles. The van der Waals surface area contributed by atoms with Gasteiger partial charge in [-0.15, -0.1) is 0 Å². The van der Waals surface area contributed by atoms with Crippen LogP contribution in [0.2, 0.25) is 5.02 Å². The van der Waals surface area contributed by atoms with Crippen molar-refractivity contribution in [3.63, 3.8) is 0 Å². The molecule has 0 unspecified atom stereocenters. The summed E-state index contributed by atoms with van der Waals surface area (Å²) in [5, 5.41) is 6.38.